The summed E-state index contributed by atoms with van der Waals surface area (Å²) in [6, 6.07) is 0. The van der Waals surface area contributed by atoms with E-state index < -0.39 is 0 Å². The van der Waals surface area contributed by atoms with Gasteiger partial charge in [0.2, 0.25) is 0 Å². The Balaban J connectivity index is 2.50. The molecule has 2 heteroatoms. The van der Waals surface area contributed by atoms with Crippen molar-refractivity contribution < 1.29 is 0 Å². The van der Waals surface area contributed by atoms with Crippen molar-refractivity contribution >= 4 is 5.84 Å². The molecule has 1 aliphatic heterocycles. The van der Waals surface area contributed by atoms with Gasteiger partial charge < -0.3 is 4.90 Å². The molecule has 0 spiro atoms. The largest absolute Gasteiger partial charge is 0.360 e. The minimum Gasteiger partial charge on any atom is -0.360 e. The van der Waals surface area contributed by atoms with Gasteiger partial charge in [-0.2, -0.15) is 0 Å². The minimum absolute atomic E-state index is 0.0145. The SMILES string of the molecule is CC1CCN(C(=N)C(C)(C)C)CC1. The van der Waals surface area contributed by atoms with Crippen molar-refractivity contribution in [3.63, 3.8) is 0 Å². The molecule has 0 aromatic rings. The number of hydrogen-bond donors (Lipinski definition) is 1. The van der Waals surface area contributed by atoms with Gasteiger partial charge in [-0.25, -0.2) is 0 Å². The van der Waals surface area contributed by atoms with Gasteiger partial charge in [0.25, 0.3) is 0 Å². The van der Waals surface area contributed by atoms with E-state index in [1.54, 1.807) is 0 Å². The number of nitrogens with zero attached hydrogens (tertiary/aromatic N) is 1. The summed E-state index contributed by atoms with van der Waals surface area (Å²) >= 11 is 0. The van der Waals surface area contributed by atoms with Gasteiger partial charge in [0, 0.05) is 18.5 Å². The molecule has 13 heavy (non-hydrogen) atoms. The van der Waals surface area contributed by atoms with Gasteiger partial charge >= 0.3 is 0 Å². The molecule has 1 N–H and O–H groups in total. The van der Waals surface area contributed by atoms with Crippen molar-refractivity contribution in [1.82, 2.24) is 4.90 Å². The van der Waals surface area contributed by atoms with Gasteiger partial charge in [0.1, 0.15) is 5.84 Å². The van der Waals surface area contributed by atoms with Crippen LogP contribution in [0, 0.1) is 16.7 Å². The van der Waals surface area contributed by atoms with Crippen molar-refractivity contribution in [3.8, 4) is 0 Å². The number of piperidine rings is 1. The van der Waals surface area contributed by atoms with E-state index in [1.165, 1.54) is 12.8 Å². The maximum Gasteiger partial charge on any atom is 0.101 e. The predicted octanol–water partition coefficient (Wildman–Crippen LogP) is 2.74. The topological polar surface area (TPSA) is 27.1 Å². The molecule has 2 nitrogen and oxygen atoms in total. The first-order valence-electron chi connectivity index (χ1n) is 5.25. The Hall–Kier alpha value is -0.530. The molecular formula is C11H22N2. The van der Waals surface area contributed by atoms with E-state index >= 15 is 0 Å². The summed E-state index contributed by atoms with van der Waals surface area (Å²) in [4.78, 5) is 2.24. The van der Waals surface area contributed by atoms with Crippen molar-refractivity contribution in [2.45, 2.75) is 40.5 Å². The summed E-state index contributed by atoms with van der Waals surface area (Å²) in [5.74, 6) is 1.66. The molecular weight excluding hydrogens is 160 g/mol. The Morgan fingerprint density at radius 2 is 1.69 bits per heavy atom. The molecule has 76 valence electrons. The molecule has 1 rings (SSSR count). The molecule has 1 aliphatic rings. The van der Waals surface area contributed by atoms with Crippen LogP contribution >= 0.6 is 0 Å². The molecule has 0 aromatic carbocycles. The number of hydrogen-bond acceptors (Lipinski definition) is 1. The first-order valence-corrected chi connectivity index (χ1v) is 5.25. The van der Waals surface area contributed by atoms with Crippen LogP contribution in [0.5, 0.6) is 0 Å². The fourth-order valence-electron chi connectivity index (χ4n) is 1.71. The van der Waals surface area contributed by atoms with E-state index in [9.17, 15) is 0 Å². The summed E-state index contributed by atoms with van der Waals surface area (Å²) in [7, 11) is 0. The lowest BCUT2D eigenvalue weighted by atomic mass is 9.91. The lowest BCUT2D eigenvalue weighted by molar-refractivity contribution is 0.260. The Labute approximate surface area is 81.8 Å². The van der Waals surface area contributed by atoms with Crippen molar-refractivity contribution in [2.75, 3.05) is 13.1 Å². The molecule has 0 atom stereocenters. The molecule has 0 saturated carbocycles. The second-order valence-electron chi connectivity index (χ2n) is 5.27. The van der Waals surface area contributed by atoms with Crippen molar-refractivity contribution in [1.29, 1.82) is 5.41 Å². The van der Waals surface area contributed by atoms with Gasteiger partial charge in [-0.1, -0.05) is 27.7 Å². The van der Waals surface area contributed by atoms with Gasteiger partial charge in [-0.3, -0.25) is 5.41 Å². The van der Waals surface area contributed by atoms with Crippen molar-refractivity contribution in [3.05, 3.63) is 0 Å². The summed E-state index contributed by atoms with van der Waals surface area (Å²) in [6.07, 6.45) is 2.50. The molecule has 1 heterocycles. The fourth-order valence-corrected chi connectivity index (χ4v) is 1.71. The second-order valence-corrected chi connectivity index (χ2v) is 5.27. The monoisotopic (exact) mass is 182 g/mol. The molecule has 1 fully saturated rings. The lowest BCUT2D eigenvalue weighted by Crippen LogP contribution is -2.43. The van der Waals surface area contributed by atoms with Crippen LogP contribution in [0.3, 0.4) is 0 Å². The third kappa shape index (κ3) is 2.71. The van der Waals surface area contributed by atoms with Crippen LogP contribution < -0.4 is 0 Å². The van der Waals surface area contributed by atoms with E-state index in [0.29, 0.717) is 0 Å². The van der Waals surface area contributed by atoms with Gasteiger partial charge in [0.05, 0.1) is 0 Å². The van der Waals surface area contributed by atoms with Crippen LogP contribution in [0.1, 0.15) is 40.5 Å². The molecule has 1 saturated heterocycles. The molecule has 0 radical (unpaired) electrons. The van der Waals surface area contributed by atoms with Crippen LogP contribution in [0.2, 0.25) is 0 Å². The Bertz CT molecular complexity index is 183. The third-order valence-electron chi connectivity index (χ3n) is 2.81. The number of nitrogens with one attached hydrogen (secondary N) is 1. The Kier molecular flexibility index (Phi) is 2.99. The lowest BCUT2D eigenvalue weighted by Gasteiger charge is -2.37. The quantitative estimate of drug-likeness (QED) is 0.452. The summed E-state index contributed by atoms with van der Waals surface area (Å²) in [5.41, 5.74) is 0.0145. The zero-order valence-corrected chi connectivity index (χ0v) is 9.35. The van der Waals surface area contributed by atoms with Crippen LogP contribution in [0.25, 0.3) is 0 Å². The van der Waals surface area contributed by atoms with Crippen LogP contribution in [-0.2, 0) is 0 Å². The van der Waals surface area contributed by atoms with Crippen LogP contribution in [0.15, 0.2) is 0 Å². The Morgan fingerprint density at radius 3 is 2.08 bits per heavy atom. The molecule has 0 unspecified atom stereocenters. The average molecular weight is 182 g/mol. The minimum atomic E-state index is 0.0145. The first-order chi connectivity index (χ1) is 5.91. The maximum atomic E-state index is 8.03. The number of amidine groups is 1. The third-order valence-corrected chi connectivity index (χ3v) is 2.81. The number of likely N-dealkylation sites (tertiary alicyclic amines) is 1. The normalized spacial score (nSPS) is 20.5. The van der Waals surface area contributed by atoms with Crippen LogP contribution in [-0.4, -0.2) is 23.8 Å². The standard InChI is InChI=1S/C11H22N2/c1-9-5-7-13(8-6-9)10(12)11(2,3)4/h9,12H,5-8H2,1-4H3. The van der Waals surface area contributed by atoms with Gasteiger partial charge in [-0.05, 0) is 18.8 Å². The van der Waals surface area contributed by atoms with Gasteiger partial charge in [-0.15, -0.1) is 0 Å². The highest BCUT2D eigenvalue weighted by atomic mass is 15.2. The molecule has 0 aromatic heterocycles. The zero-order chi connectivity index (χ0) is 10.1. The van der Waals surface area contributed by atoms with E-state index in [4.69, 9.17) is 5.41 Å². The first kappa shape index (κ1) is 10.6. The maximum absolute atomic E-state index is 8.03. The Morgan fingerprint density at radius 1 is 1.23 bits per heavy atom. The fraction of sp³-hybridized carbons (Fsp3) is 0.909. The highest BCUT2D eigenvalue weighted by Gasteiger charge is 2.25. The molecule has 0 amide bonds. The summed E-state index contributed by atoms with van der Waals surface area (Å²) < 4.78 is 0. The highest BCUT2D eigenvalue weighted by Crippen LogP contribution is 2.23. The van der Waals surface area contributed by atoms with E-state index in [0.717, 1.165) is 24.8 Å². The predicted molar refractivity (Wildman–Crippen MR) is 57.2 cm³/mol. The summed E-state index contributed by atoms with van der Waals surface area (Å²) in [5, 5.41) is 8.03. The van der Waals surface area contributed by atoms with E-state index in [1.807, 2.05) is 0 Å². The number of rotatable bonds is 0. The highest BCUT2D eigenvalue weighted by molar-refractivity contribution is 5.84. The van der Waals surface area contributed by atoms with E-state index in [-0.39, 0.29) is 5.41 Å². The zero-order valence-electron chi connectivity index (χ0n) is 9.35. The average Bonchev–Trinajstić information content (AvgIpc) is 2.03. The molecule has 0 aliphatic carbocycles. The summed E-state index contributed by atoms with van der Waals surface area (Å²) in [6.45, 7) is 10.8. The smallest absolute Gasteiger partial charge is 0.101 e. The second kappa shape index (κ2) is 3.69. The van der Waals surface area contributed by atoms with E-state index in [2.05, 4.69) is 32.6 Å². The van der Waals surface area contributed by atoms with Crippen molar-refractivity contribution in [2.24, 2.45) is 11.3 Å². The molecule has 0 bridgehead atoms. The van der Waals surface area contributed by atoms with Gasteiger partial charge in [0.15, 0.2) is 0 Å². The van der Waals surface area contributed by atoms with Crippen LogP contribution in [0.4, 0.5) is 0 Å².